The Bertz CT molecular complexity index is 2160. The van der Waals surface area contributed by atoms with Gasteiger partial charge in [-0.05, 0) is 80.1 Å². The number of carbonyl (C=O) groups excluding carboxylic acids is 1. The van der Waals surface area contributed by atoms with Gasteiger partial charge >= 0.3 is 45.5 Å². The summed E-state index contributed by atoms with van der Waals surface area (Å²) < 4.78 is 20.6. The zero-order chi connectivity index (χ0) is 45.2. The number of aryl methyl sites for hydroxylation is 2. The van der Waals surface area contributed by atoms with Crippen molar-refractivity contribution < 1.29 is 23.1 Å². The maximum atomic E-state index is 10.2. The molecule has 2 aliphatic rings. The Hall–Kier alpha value is -3.16. The average molecular weight is 930 g/mol. The number of carbonyl (C=O) groups is 1. The van der Waals surface area contributed by atoms with E-state index >= 15 is 0 Å². The first-order valence-electron chi connectivity index (χ1n) is 20.6. The van der Waals surface area contributed by atoms with Gasteiger partial charge < -0.3 is 11.5 Å². The SMILES string of the molecule is Cc1ccccc1C=NC1CCCCC1N=Cc1ccccc1P(c1ccccc1)c1ccccc1.Cc1ccccc1C=O.ClCCl.NC1CCCCC1N.O=[S](O)(=[Mg])OO. The molecule has 0 bridgehead atoms. The first-order chi connectivity index (χ1) is 29.9. The van der Waals surface area contributed by atoms with Crippen molar-refractivity contribution in [3.63, 3.8) is 0 Å². The Morgan fingerprint density at radius 1 is 0.661 bits per heavy atom. The molecule has 0 heterocycles. The molecule has 62 heavy (non-hydrogen) atoms. The van der Waals surface area contributed by atoms with E-state index in [1.54, 1.807) is 0 Å². The molecule has 14 heteroatoms. The van der Waals surface area contributed by atoms with Gasteiger partial charge in [0.2, 0.25) is 0 Å². The third kappa shape index (κ3) is 19.7. The van der Waals surface area contributed by atoms with Gasteiger partial charge in [-0.2, -0.15) is 0 Å². The van der Waals surface area contributed by atoms with Crippen molar-refractivity contribution in [1.82, 2.24) is 0 Å². The molecule has 2 fully saturated rings. The van der Waals surface area contributed by atoms with Crippen LogP contribution >= 0.6 is 31.1 Å². The molecule has 5 unspecified atom stereocenters. The van der Waals surface area contributed by atoms with Crippen molar-refractivity contribution >= 4 is 92.9 Å². The zero-order valence-electron chi connectivity index (χ0n) is 35.6. The topological polar surface area (TPSA) is 161 Å². The van der Waals surface area contributed by atoms with E-state index in [0.29, 0.717) is 19.8 Å². The number of rotatable bonds is 9. The predicted octanol–water partition coefficient (Wildman–Crippen LogP) is 9.28. The van der Waals surface area contributed by atoms with Crippen molar-refractivity contribution in [1.29, 1.82) is 0 Å². The first kappa shape index (κ1) is 53.2. The van der Waals surface area contributed by atoms with E-state index in [9.17, 15) is 9.00 Å². The molecule has 0 saturated heterocycles. The Morgan fingerprint density at radius 2 is 1.02 bits per heavy atom. The number of nitrogens with zero attached hydrogens (tertiary/aromatic N) is 2. The number of aliphatic imine (C=N–C) groups is 2. The van der Waals surface area contributed by atoms with Crippen molar-refractivity contribution in [3.05, 3.63) is 161 Å². The Balaban J connectivity index is 0.000000317. The number of halogens is 2. The van der Waals surface area contributed by atoms with Gasteiger partial charge in [-0.25, -0.2) is 0 Å². The van der Waals surface area contributed by atoms with Crippen molar-refractivity contribution in [3.8, 4) is 0 Å². The molecule has 5 aromatic carbocycles. The van der Waals surface area contributed by atoms with E-state index in [1.165, 1.54) is 58.3 Å². The minimum absolute atomic E-state index is 0.194. The van der Waals surface area contributed by atoms with Gasteiger partial charge in [0.05, 0.1) is 17.4 Å². The van der Waals surface area contributed by atoms with Crippen LogP contribution < -0.4 is 27.4 Å². The molecule has 6 N–H and O–H groups in total. The summed E-state index contributed by atoms with van der Waals surface area (Å²) >= 11 is 10.2. The van der Waals surface area contributed by atoms with E-state index in [0.717, 1.165) is 43.1 Å². The molecule has 9 nitrogen and oxygen atoms in total. The Kier molecular flexibility index (Phi) is 25.8. The monoisotopic (exact) mass is 928 g/mol. The van der Waals surface area contributed by atoms with Crippen LogP contribution in [0.3, 0.4) is 0 Å². The van der Waals surface area contributed by atoms with Gasteiger partial charge in [0.1, 0.15) is 6.29 Å². The fourth-order valence-corrected chi connectivity index (χ4v) is 9.23. The second-order valence-corrected chi connectivity index (χ2v) is 21.2. The summed E-state index contributed by atoms with van der Waals surface area (Å²) in [4.78, 5) is 20.4. The number of alkyl halides is 2. The summed E-state index contributed by atoms with van der Waals surface area (Å²) in [5, 5.41) is 11.6. The zero-order valence-corrected chi connectivity index (χ0v) is 40.2. The van der Waals surface area contributed by atoms with Crippen molar-refractivity contribution in [2.24, 2.45) is 21.5 Å². The number of hydrogen-bond donors (Lipinski definition) is 4. The molecule has 2 aliphatic carbocycles. The normalized spacial score (nSPS) is 19.3. The third-order valence-corrected chi connectivity index (χ3v) is 13.3. The summed E-state index contributed by atoms with van der Waals surface area (Å²) in [6.07, 6.45) is 14.5. The molecule has 5 atom stereocenters. The fourth-order valence-electron chi connectivity index (χ4n) is 6.81. The molecule has 0 amide bonds. The average Bonchev–Trinajstić information content (AvgIpc) is 3.29. The summed E-state index contributed by atoms with van der Waals surface area (Å²) in [6.45, 7) is 4.07. The summed E-state index contributed by atoms with van der Waals surface area (Å²) in [6, 6.07) is 47.5. The third-order valence-electron chi connectivity index (χ3n) is 10.2. The minimum atomic E-state index is -3.33. The van der Waals surface area contributed by atoms with Crippen LogP contribution in [0.2, 0.25) is 0 Å². The molecule has 5 aromatic rings. The Morgan fingerprint density at radius 3 is 1.40 bits per heavy atom. The van der Waals surface area contributed by atoms with Crippen LogP contribution in [-0.4, -0.2) is 82.0 Å². The van der Waals surface area contributed by atoms with Crippen LogP contribution in [0.5, 0.6) is 0 Å². The van der Waals surface area contributed by atoms with Crippen LogP contribution in [0, 0.1) is 13.8 Å². The van der Waals surface area contributed by atoms with Gasteiger partial charge in [-0.3, -0.25) is 14.8 Å². The summed E-state index contributed by atoms with van der Waals surface area (Å²) in [5.41, 5.74) is 16.8. The first-order valence-corrected chi connectivity index (χ1v) is 26.3. The van der Waals surface area contributed by atoms with Crippen molar-refractivity contribution in [2.75, 3.05) is 5.34 Å². The van der Waals surface area contributed by atoms with E-state index in [-0.39, 0.29) is 29.5 Å². The van der Waals surface area contributed by atoms with E-state index in [1.807, 2.05) is 31.2 Å². The molecule has 7 rings (SSSR count). The van der Waals surface area contributed by atoms with Gasteiger partial charge in [0.25, 0.3) is 0 Å². The quantitative estimate of drug-likeness (QED) is 0.0218. The molecular weight excluding hydrogens is 871 g/mol. The van der Waals surface area contributed by atoms with Gasteiger partial charge in [0, 0.05) is 35.6 Å². The number of aldehydes is 1. The Labute approximate surface area is 390 Å². The van der Waals surface area contributed by atoms with E-state index < -0.39 is 15.2 Å². The number of nitrogens with two attached hydrogens (primary N) is 2. The van der Waals surface area contributed by atoms with Crippen LogP contribution in [0.15, 0.2) is 143 Å². The molecule has 0 radical (unpaired) electrons. The van der Waals surface area contributed by atoms with Gasteiger partial charge in [-0.15, -0.1) is 23.2 Å². The molecule has 0 spiro atoms. The predicted molar refractivity (Wildman–Crippen MR) is 265 cm³/mol. The standard InChI is InChI=1S/C33H33N2P.C8H8O.C6H14N2.CH2Cl2.Mg.H2O4S/c1-26-14-8-9-15-27(26)24-34-31-21-11-12-22-32(31)35-25-28-16-10-13-23-33(28)36(29-17-4-2-5-18-29)30-19-6-3-7-20-30;1-7-4-2-3-5-8(7)6-9;7-5-3-1-2-4-6(5)8;2-1-3;;1-4-5(2)3/h2-10,13-20,23-25,31-32H,11-12,21-22H2,1H3;2-6H,1H3;5-6H,1-4,7-8H2;1H2;;1H,(H,2,3). The fraction of sp³-hybridized carbons (Fsp3) is 0.312. The van der Waals surface area contributed by atoms with Crippen LogP contribution in [0.25, 0.3) is 0 Å². The summed E-state index contributed by atoms with van der Waals surface area (Å²) in [7, 11) is -4.00. The molecule has 0 aromatic heterocycles. The van der Waals surface area contributed by atoms with Crippen molar-refractivity contribution in [2.45, 2.75) is 89.4 Å². The maximum absolute atomic E-state index is 10.2. The second-order valence-electron chi connectivity index (χ2n) is 14.7. The van der Waals surface area contributed by atoms with Gasteiger partial charge in [-0.1, -0.05) is 159 Å². The van der Waals surface area contributed by atoms with Crippen LogP contribution in [0.1, 0.15) is 84.0 Å². The van der Waals surface area contributed by atoms with E-state index in [4.69, 9.17) is 54.5 Å². The molecule has 0 aliphatic heterocycles. The molecule has 328 valence electrons. The molecule has 2 saturated carbocycles. The number of benzene rings is 5. The number of hydrogen-bond acceptors (Lipinski definition) is 8. The molecular formula is C48H59Cl2MgN4O5PS. The van der Waals surface area contributed by atoms with Gasteiger partial charge in [0.15, 0.2) is 0 Å². The summed E-state index contributed by atoms with van der Waals surface area (Å²) in [5.74, 6) is 0. The van der Waals surface area contributed by atoms with E-state index in [2.05, 4.69) is 133 Å². The second kappa shape index (κ2) is 30.1. The van der Waals surface area contributed by atoms with Crippen LogP contribution in [-0.2, 0) is 11.7 Å². The van der Waals surface area contributed by atoms with Crippen LogP contribution in [0.4, 0.5) is 0 Å².